The van der Waals surface area contributed by atoms with E-state index in [-0.39, 0.29) is 0 Å². The first-order valence-corrected chi connectivity index (χ1v) is 7.93. The molecule has 3 N–H and O–H groups in total. The standard InChI is InChI=1S/C16H36N2/c1-6-15(9-10-17)8-7-11-18-12-16(13(2)3)14(4)5/h13-16,18H,6-12,17H2,1-5H3. The van der Waals surface area contributed by atoms with Crippen LogP contribution in [-0.2, 0) is 0 Å². The van der Waals surface area contributed by atoms with Gasteiger partial charge in [0, 0.05) is 0 Å². The Hall–Kier alpha value is -0.0800. The van der Waals surface area contributed by atoms with Crippen molar-refractivity contribution < 1.29 is 0 Å². The molecule has 0 saturated heterocycles. The average Bonchev–Trinajstić information content (AvgIpc) is 2.30. The predicted molar refractivity (Wildman–Crippen MR) is 82.7 cm³/mol. The lowest BCUT2D eigenvalue weighted by Crippen LogP contribution is -2.30. The molecule has 0 spiro atoms. The molecule has 1 unspecified atom stereocenters. The summed E-state index contributed by atoms with van der Waals surface area (Å²) in [6, 6.07) is 0. The highest BCUT2D eigenvalue weighted by Crippen LogP contribution is 2.19. The average molecular weight is 256 g/mol. The predicted octanol–water partition coefficient (Wildman–Crippen LogP) is 3.66. The van der Waals surface area contributed by atoms with Crippen LogP contribution < -0.4 is 11.1 Å². The highest BCUT2D eigenvalue weighted by Gasteiger charge is 2.16. The Morgan fingerprint density at radius 3 is 2.06 bits per heavy atom. The van der Waals surface area contributed by atoms with Gasteiger partial charge in [-0.25, -0.2) is 0 Å². The third-order valence-corrected chi connectivity index (χ3v) is 4.21. The van der Waals surface area contributed by atoms with E-state index in [0.29, 0.717) is 0 Å². The summed E-state index contributed by atoms with van der Waals surface area (Å²) in [5, 5.41) is 3.64. The van der Waals surface area contributed by atoms with Crippen LogP contribution >= 0.6 is 0 Å². The van der Waals surface area contributed by atoms with Gasteiger partial charge in [-0.2, -0.15) is 0 Å². The summed E-state index contributed by atoms with van der Waals surface area (Å²) in [7, 11) is 0. The Kier molecular flexibility index (Phi) is 10.8. The lowest BCUT2D eigenvalue weighted by molar-refractivity contribution is 0.274. The van der Waals surface area contributed by atoms with E-state index in [1.165, 1.54) is 32.2 Å². The fraction of sp³-hybridized carbons (Fsp3) is 1.00. The summed E-state index contributed by atoms with van der Waals surface area (Å²) in [4.78, 5) is 0. The maximum atomic E-state index is 5.63. The van der Waals surface area contributed by atoms with Gasteiger partial charge < -0.3 is 11.1 Å². The minimum Gasteiger partial charge on any atom is -0.330 e. The van der Waals surface area contributed by atoms with Gasteiger partial charge >= 0.3 is 0 Å². The van der Waals surface area contributed by atoms with Crippen molar-refractivity contribution in [2.45, 2.75) is 60.3 Å². The first-order valence-electron chi connectivity index (χ1n) is 7.93. The third-order valence-electron chi connectivity index (χ3n) is 4.21. The van der Waals surface area contributed by atoms with E-state index in [0.717, 1.165) is 36.8 Å². The normalized spacial score (nSPS) is 13.8. The molecule has 0 saturated carbocycles. The summed E-state index contributed by atoms with van der Waals surface area (Å²) in [6.07, 6.45) is 5.09. The molecule has 0 bridgehead atoms. The Labute approximate surface area is 115 Å². The first-order chi connectivity index (χ1) is 8.52. The van der Waals surface area contributed by atoms with Crippen LogP contribution in [-0.4, -0.2) is 19.6 Å². The van der Waals surface area contributed by atoms with E-state index in [1.54, 1.807) is 0 Å². The smallest absolute Gasteiger partial charge is 0.00156 e. The van der Waals surface area contributed by atoms with Crippen molar-refractivity contribution in [3.63, 3.8) is 0 Å². The number of nitrogens with two attached hydrogens (primary N) is 1. The minimum absolute atomic E-state index is 0.776. The molecule has 0 aromatic heterocycles. The van der Waals surface area contributed by atoms with Gasteiger partial charge in [-0.3, -0.25) is 0 Å². The molecule has 0 fully saturated rings. The summed E-state index contributed by atoms with van der Waals surface area (Å²) < 4.78 is 0. The Morgan fingerprint density at radius 2 is 1.61 bits per heavy atom. The largest absolute Gasteiger partial charge is 0.330 e. The molecule has 0 rings (SSSR count). The molecule has 0 aliphatic rings. The van der Waals surface area contributed by atoms with Crippen molar-refractivity contribution in [2.24, 2.45) is 29.4 Å². The second-order valence-corrected chi connectivity index (χ2v) is 6.35. The zero-order valence-electron chi connectivity index (χ0n) is 13.3. The minimum atomic E-state index is 0.776. The van der Waals surface area contributed by atoms with E-state index in [1.807, 2.05) is 0 Å². The maximum absolute atomic E-state index is 5.63. The summed E-state index contributed by atoms with van der Waals surface area (Å²) in [5.74, 6) is 3.19. The van der Waals surface area contributed by atoms with Crippen LogP contribution in [0.5, 0.6) is 0 Å². The van der Waals surface area contributed by atoms with Gasteiger partial charge in [-0.05, 0) is 62.6 Å². The van der Waals surface area contributed by atoms with Gasteiger partial charge in [0.25, 0.3) is 0 Å². The lowest BCUT2D eigenvalue weighted by Gasteiger charge is -2.25. The summed E-state index contributed by atoms with van der Waals surface area (Å²) >= 11 is 0. The van der Waals surface area contributed by atoms with Crippen LogP contribution in [0, 0.1) is 23.7 Å². The molecule has 0 heterocycles. The van der Waals surface area contributed by atoms with Crippen molar-refractivity contribution in [1.29, 1.82) is 0 Å². The van der Waals surface area contributed by atoms with Gasteiger partial charge in [-0.1, -0.05) is 41.0 Å². The molecule has 2 heteroatoms. The van der Waals surface area contributed by atoms with Gasteiger partial charge in [0.15, 0.2) is 0 Å². The number of nitrogens with one attached hydrogen (secondary N) is 1. The molecular weight excluding hydrogens is 220 g/mol. The quantitative estimate of drug-likeness (QED) is 0.554. The van der Waals surface area contributed by atoms with Crippen LogP contribution in [0.3, 0.4) is 0 Å². The van der Waals surface area contributed by atoms with Gasteiger partial charge in [0.1, 0.15) is 0 Å². The van der Waals surface area contributed by atoms with Gasteiger partial charge in [0.2, 0.25) is 0 Å². The molecule has 0 aromatic carbocycles. The molecule has 2 nitrogen and oxygen atoms in total. The zero-order chi connectivity index (χ0) is 14.0. The fourth-order valence-corrected chi connectivity index (χ4v) is 2.81. The number of hydrogen-bond donors (Lipinski definition) is 2. The fourth-order valence-electron chi connectivity index (χ4n) is 2.81. The second kappa shape index (κ2) is 10.8. The highest BCUT2D eigenvalue weighted by molar-refractivity contribution is 4.69. The topological polar surface area (TPSA) is 38.0 Å². The Morgan fingerprint density at radius 1 is 1.00 bits per heavy atom. The third kappa shape index (κ3) is 8.10. The molecule has 0 amide bonds. The molecule has 1 atom stereocenters. The van der Waals surface area contributed by atoms with Crippen LogP contribution in [0.15, 0.2) is 0 Å². The molecule has 0 radical (unpaired) electrons. The molecular formula is C16H36N2. The monoisotopic (exact) mass is 256 g/mol. The van der Waals surface area contributed by atoms with Crippen molar-refractivity contribution in [1.82, 2.24) is 5.32 Å². The van der Waals surface area contributed by atoms with Crippen LogP contribution in [0.4, 0.5) is 0 Å². The van der Waals surface area contributed by atoms with Crippen molar-refractivity contribution >= 4 is 0 Å². The zero-order valence-corrected chi connectivity index (χ0v) is 13.3. The SMILES string of the molecule is CCC(CCN)CCCNCC(C(C)C)C(C)C. The summed E-state index contributed by atoms with van der Waals surface area (Å²) in [5.41, 5.74) is 5.63. The molecule has 0 aliphatic carbocycles. The number of hydrogen-bond acceptors (Lipinski definition) is 2. The van der Waals surface area contributed by atoms with Crippen LogP contribution in [0.1, 0.15) is 60.3 Å². The molecule has 18 heavy (non-hydrogen) atoms. The van der Waals surface area contributed by atoms with Crippen molar-refractivity contribution in [2.75, 3.05) is 19.6 Å². The van der Waals surface area contributed by atoms with E-state index in [2.05, 4.69) is 39.9 Å². The maximum Gasteiger partial charge on any atom is -0.00156 e. The van der Waals surface area contributed by atoms with E-state index in [4.69, 9.17) is 5.73 Å². The van der Waals surface area contributed by atoms with Crippen LogP contribution in [0.2, 0.25) is 0 Å². The van der Waals surface area contributed by atoms with Crippen LogP contribution in [0.25, 0.3) is 0 Å². The highest BCUT2D eigenvalue weighted by atomic mass is 14.9. The number of rotatable bonds is 11. The Balaban J connectivity index is 3.65. The first kappa shape index (κ1) is 17.9. The molecule has 0 aromatic rings. The second-order valence-electron chi connectivity index (χ2n) is 6.35. The lowest BCUT2D eigenvalue weighted by atomic mass is 9.85. The summed E-state index contributed by atoms with van der Waals surface area (Å²) in [6.45, 7) is 14.8. The van der Waals surface area contributed by atoms with Gasteiger partial charge in [0.05, 0.1) is 0 Å². The van der Waals surface area contributed by atoms with E-state index in [9.17, 15) is 0 Å². The van der Waals surface area contributed by atoms with E-state index < -0.39 is 0 Å². The van der Waals surface area contributed by atoms with Crippen molar-refractivity contribution in [3.05, 3.63) is 0 Å². The molecule has 110 valence electrons. The van der Waals surface area contributed by atoms with E-state index >= 15 is 0 Å². The van der Waals surface area contributed by atoms with Gasteiger partial charge in [-0.15, -0.1) is 0 Å². The van der Waals surface area contributed by atoms with Crippen molar-refractivity contribution in [3.8, 4) is 0 Å². The Bertz CT molecular complexity index is 170. The molecule has 0 aliphatic heterocycles.